The fourth-order valence-electron chi connectivity index (χ4n) is 2.34. The molecule has 132 valence electrons. The maximum atomic E-state index is 12.5. The van der Waals surface area contributed by atoms with Gasteiger partial charge in [0.1, 0.15) is 10.7 Å². The van der Waals surface area contributed by atoms with E-state index in [1.807, 2.05) is 6.92 Å². The Morgan fingerprint density at radius 3 is 2.57 bits per heavy atom. The van der Waals surface area contributed by atoms with Crippen molar-refractivity contribution in [2.45, 2.75) is 37.6 Å². The zero-order valence-electron chi connectivity index (χ0n) is 13.6. The summed E-state index contributed by atoms with van der Waals surface area (Å²) in [7, 11) is -1.77. The molecule has 0 bridgehead atoms. The molecule has 7 nitrogen and oxygen atoms in total. The molecule has 2 heterocycles. The zero-order chi connectivity index (χ0) is 16.3. The second-order valence-corrected chi connectivity index (χ2v) is 7.45. The average molecular weight is 366 g/mol. The van der Waals surface area contributed by atoms with E-state index in [1.165, 1.54) is 10.4 Å². The summed E-state index contributed by atoms with van der Waals surface area (Å²) >= 11 is 0. The Morgan fingerprint density at radius 1 is 1.39 bits per heavy atom. The number of carbonyl (C=O) groups excluding carboxylic acids is 1. The Hall–Kier alpha value is -1.09. The first-order valence-electron chi connectivity index (χ1n) is 7.42. The van der Waals surface area contributed by atoms with Crippen LogP contribution >= 0.6 is 12.4 Å². The van der Waals surface area contributed by atoms with E-state index in [0.717, 1.165) is 12.8 Å². The molecular formula is C14H24ClN3O4S. The molecule has 2 N–H and O–H groups in total. The number of nitrogens with one attached hydrogen (secondary N) is 2. The molecule has 0 spiro atoms. The van der Waals surface area contributed by atoms with E-state index in [0.29, 0.717) is 19.6 Å². The maximum Gasteiger partial charge on any atom is 0.287 e. The molecule has 1 saturated heterocycles. The maximum absolute atomic E-state index is 12.5. The summed E-state index contributed by atoms with van der Waals surface area (Å²) < 4.78 is 31.8. The summed E-state index contributed by atoms with van der Waals surface area (Å²) in [6, 6.07) is 1.44. The normalized spacial score (nSPS) is 16.8. The van der Waals surface area contributed by atoms with Crippen molar-refractivity contribution in [2.75, 3.05) is 26.7 Å². The number of hydrogen-bond acceptors (Lipinski definition) is 5. The minimum atomic E-state index is -3.57. The van der Waals surface area contributed by atoms with Gasteiger partial charge in [-0.3, -0.25) is 4.79 Å². The second kappa shape index (κ2) is 8.14. The Kier molecular flexibility index (Phi) is 7.06. The van der Waals surface area contributed by atoms with Crippen LogP contribution in [0.4, 0.5) is 0 Å². The van der Waals surface area contributed by atoms with Crippen LogP contribution in [0.3, 0.4) is 0 Å². The van der Waals surface area contributed by atoms with Gasteiger partial charge in [0, 0.05) is 31.7 Å². The van der Waals surface area contributed by atoms with Gasteiger partial charge in [-0.05, 0) is 33.7 Å². The lowest BCUT2D eigenvalue weighted by Crippen LogP contribution is -2.37. The smallest absolute Gasteiger partial charge is 0.287 e. The first-order chi connectivity index (χ1) is 10.4. The first kappa shape index (κ1) is 20.0. The lowest BCUT2D eigenvalue weighted by Gasteiger charge is -2.14. The van der Waals surface area contributed by atoms with Gasteiger partial charge in [0.15, 0.2) is 5.76 Å². The van der Waals surface area contributed by atoms with Gasteiger partial charge in [0.05, 0.1) is 0 Å². The third kappa shape index (κ3) is 4.47. The van der Waals surface area contributed by atoms with Crippen molar-refractivity contribution in [2.24, 2.45) is 0 Å². The molecule has 1 unspecified atom stereocenters. The highest BCUT2D eigenvalue weighted by Crippen LogP contribution is 2.26. The van der Waals surface area contributed by atoms with E-state index in [1.54, 1.807) is 14.0 Å². The molecular weight excluding hydrogens is 342 g/mol. The number of aryl methyl sites for hydroxylation is 1. The number of halogens is 1. The van der Waals surface area contributed by atoms with Crippen molar-refractivity contribution in [3.05, 3.63) is 17.6 Å². The minimum absolute atomic E-state index is 0. The summed E-state index contributed by atoms with van der Waals surface area (Å²) in [4.78, 5) is 12.1. The molecule has 0 radical (unpaired) electrons. The van der Waals surface area contributed by atoms with Crippen LogP contribution in [0.1, 0.15) is 36.1 Å². The number of carbonyl (C=O) groups is 1. The van der Waals surface area contributed by atoms with Crippen LogP contribution in [0.15, 0.2) is 15.4 Å². The summed E-state index contributed by atoms with van der Waals surface area (Å²) in [5.41, 5.74) is 0. The monoisotopic (exact) mass is 365 g/mol. The van der Waals surface area contributed by atoms with Crippen LogP contribution in [-0.4, -0.2) is 51.4 Å². The van der Waals surface area contributed by atoms with Crippen molar-refractivity contribution >= 4 is 28.3 Å². The number of hydrogen-bond donors (Lipinski definition) is 2. The molecule has 0 aliphatic carbocycles. The predicted molar refractivity (Wildman–Crippen MR) is 89.5 cm³/mol. The van der Waals surface area contributed by atoms with Crippen LogP contribution in [0, 0.1) is 6.92 Å². The topological polar surface area (TPSA) is 91.6 Å². The first-order valence-corrected chi connectivity index (χ1v) is 8.86. The van der Waals surface area contributed by atoms with E-state index < -0.39 is 15.9 Å². The average Bonchev–Trinajstić information content (AvgIpc) is 3.13. The number of likely N-dealkylation sites (N-methyl/N-ethyl adjacent to an activating group) is 1. The van der Waals surface area contributed by atoms with Crippen LogP contribution in [0.2, 0.25) is 0 Å². The van der Waals surface area contributed by atoms with Crippen molar-refractivity contribution < 1.29 is 17.6 Å². The van der Waals surface area contributed by atoms with E-state index >= 15 is 0 Å². The van der Waals surface area contributed by atoms with E-state index in [4.69, 9.17) is 4.42 Å². The molecule has 1 aromatic rings. The summed E-state index contributed by atoms with van der Waals surface area (Å²) in [6.07, 6.45) is 1.73. The van der Waals surface area contributed by atoms with Crippen molar-refractivity contribution in [3.63, 3.8) is 0 Å². The Labute approximate surface area is 143 Å². The van der Waals surface area contributed by atoms with Gasteiger partial charge in [0.25, 0.3) is 5.91 Å². The fourth-order valence-corrected chi connectivity index (χ4v) is 4.01. The highest BCUT2D eigenvalue weighted by molar-refractivity contribution is 7.89. The van der Waals surface area contributed by atoms with E-state index in [-0.39, 0.29) is 34.9 Å². The second-order valence-electron chi connectivity index (χ2n) is 5.54. The van der Waals surface area contributed by atoms with Crippen molar-refractivity contribution in [3.8, 4) is 0 Å². The lowest BCUT2D eigenvalue weighted by molar-refractivity contribution is 0.0921. The Balaban J connectivity index is 0.00000264. The zero-order valence-corrected chi connectivity index (χ0v) is 15.2. The molecule has 1 atom stereocenters. The summed E-state index contributed by atoms with van der Waals surface area (Å²) in [5.74, 6) is -0.134. The SMILES string of the molecule is CNC(C)CNC(=O)c1cc(S(=O)(=O)N2CCCC2)c(C)o1.Cl. The molecule has 1 aliphatic heterocycles. The highest BCUT2D eigenvalue weighted by Gasteiger charge is 2.31. The van der Waals surface area contributed by atoms with Crippen LogP contribution < -0.4 is 10.6 Å². The molecule has 1 aromatic heterocycles. The lowest BCUT2D eigenvalue weighted by atomic mass is 10.3. The largest absolute Gasteiger partial charge is 0.455 e. The van der Waals surface area contributed by atoms with Gasteiger partial charge < -0.3 is 15.1 Å². The van der Waals surface area contributed by atoms with Gasteiger partial charge in [-0.15, -0.1) is 12.4 Å². The Bertz CT molecular complexity index is 638. The number of amides is 1. The highest BCUT2D eigenvalue weighted by atomic mass is 35.5. The van der Waals surface area contributed by atoms with Crippen LogP contribution in [0.25, 0.3) is 0 Å². The van der Waals surface area contributed by atoms with Gasteiger partial charge in [-0.2, -0.15) is 4.31 Å². The van der Waals surface area contributed by atoms with Crippen molar-refractivity contribution in [1.29, 1.82) is 0 Å². The Morgan fingerprint density at radius 2 is 2.00 bits per heavy atom. The van der Waals surface area contributed by atoms with Gasteiger partial charge in [0.2, 0.25) is 10.0 Å². The van der Waals surface area contributed by atoms with Crippen molar-refractivity contribution in [1.82, 2.24) is 14.9 Å². The molecule has 1 fully saturated rings. The molecule has 0 aromatic carbocycles. The van der Waals surface area contributed by atoms with E-state index in [9.17, 15) is 13.2 Å². The number of sulfonamides is 1. The third-order valence-electron chi connectivity index (χ3n) is 3.84. The molecule has 0 saturated carbocycles. The van der Waals surface area contributed by atoms with E-state index in [2.05, 4.69) is 10.6 Å². The molecule has 23 heavy (non-hydrogen) atoms. The number of rotatable bonds is 6. The van der Waals surface area contributed by atoms with Gasteiger partial charge >= 0.3 is 0 Å². The van der Waals surface area contributed by atoms with Gasteiger partial charge in [-0.25, -0.2) is 8.42 Å². The quantitative estimate of drug-likeness (QED) is 0.788. The molecule has 2 rings (SSSR count). The van der Waals surface area contributed by atoms with Crippen LogP contribution in [-0.2, 0) is 10.0 Å². The minimum Gasteiger partial charge on any atom is -0.455 e. The molecule has 1 aliphatic rings. The van der Waals surface area contributed by atoms with Crippen LogP contribution in [0.5, 0.6) is 0 Å². The summed E-state index contributed by atoms with van der Waals surface area (Å²) in [6.45, 7) is 4.97. The number of nitrogens with zero attached hydrogens (tertiary/aromatic N) is 1. The fraction of sp³-hybridized carbons (Fsp3) is 0.643. The number of furan rings is 1. The molecule has 9 heteroatoms. The van der Waals surface area contributed by atoms with Gasteiger partial charge in [-0.1, -0.05) is 0 Å². The molecule has 1 amide bonds. The standard InChI is InChI=1S/C14H23N3O4S.ClH/c1-10(15-3)9-16-14(18)12-8-13(11(2)21-12)22(19,20)17-6-4-5-7-17;/h8,10,15H,4-7,9H2,1-3H3,(H,16,18);1H. The third-order valence-corrected chi connectivity index (χ3v) is 5.85. The predicted octanol–water partition coefficient (Wildman–Crippen LogP) is 1.13. The summed E-state index contributed by atoms with van der Waals surface area (Å²) in [5, 5.41) is 5.71.